The van der Waals surface area contributed by atoms with Crippen molar-refractivity contribution in [2.45, 2.75) is 11.6 Å². The summed E-state index contributed by atoms with van der Waals surface area (Å²) in [6.45, 7) is -1.05. The van der Waals surface area contributed by atoms with Gasteiger partial charge in [0.2, 0.25) is 6.54 Å². The molecule has 0 aromatic carbocycles. The fourth-order valence-corrected chi connectivity index (χ4v) is 1.72. The lowest BCUT2D eigenvalue weighted by Crippen LogP contribution is -2.51. The minimum atomic E-state index is -3.37. The summed E-state index contributed by atoms with van der Waals surface area (Å²) in [4.78, 5) is 33.0. The van der Waals surface area contributed by atoms with E-state index in [1.807, 2.05) is 0 Å². The smallest absolute Gasteiger partial charge is 0.356 e. The highest BCUT2D eigenvalue weighted by Crippen LogP contribution is 2.35. The molecule has 1 aromatic heterocycles. The van der Waals surface area contributed by atoms with Gasteiger partial charge >= 0.3 is 17.6 Å². The normalized spacial score (nSPS) is 12.6. The lowest BCUT2D eigenvalue weighted by Gasteiger charge is -2.24. The van der Waals surface area contributed by atoms with E-state index in [4.69, 9.17) is 4.42 Å². The lowest BCUT2D eigenvalue weighted by molar-refractivity contribution is -0.486. The maximum absolute atomic E-state index is 14.9. The predicted octanol–water partition coefficient (Wildman–Crippen LogP) is 0.694. The molecule has 0 aliphatic rings. The summed E-state index contributed by atoms with van der Waals surface area (Å²) >= 11 is 0. The number of nitro groups is 1. The molecule has 0 aliphatic heterocycles. The molecule has 1 atom stereocenters. The Labute approximate surface area is 112 Å². The summed E-state index contributed by atoms with van der Waals surface area (Å²) in [5, 5.41) is 10.7. The minimum absolute atomic E-state index is 0.236. The summed E-state index contributed by atoms with van der Waals surface area (Å²) in [7, 11) is 1.70. The van der Waals surface area contributed by atoms with Crippen LogP contribution < -0.4 is 0 Å². The van der Waals surface area contributed by atoms with Crippen LogP contribution in [0.15, 0.2) is 22.8 Å². The highest BCUT2D eigenvalue weighted by atomic mass is 19.1. The second-order valence-electron chi connectivity index (χ2n) is 3.78. The first-order valence-electron chi connectivity index (χ1n) is 5.38. The van der Waals surface area contributed by atoms with Crippen LogP contribution in [0, 0.1) is 10.1 Å². The Morgan fingerprint density at radius 3 is 2.35 bits per heavy atom. The Balaban J connectivity index is 3.34. The standard InChI is InChI=1S/C11H12FNO7/c1-18-9(14)11(12,10(15)19-2)7(6-13(16)17)8-4-3-5-20-8/h3-5,7H,6H2,1-2H3/t7-/m1/s1. The van der Waals surface area contributed by atoms with Crippen molar-refractivity contribution in [3.8, 4) is 0 Å². The summed E-state index contributed by atoms with van der Waals surface area (Å²) in [5.41, 5.74) is -3.37. The Hall–Kier alpha value is -2.45. The molecule has 0 radical (unpaired) electrons. The number of hydrogen-bond acceptors (Lipinski definition) is 7. The zero-order valence-electron chi connectivity index (χ0n) is 10.7. The molecule has 0 unspecified atom stereocenters. The monoisotopic (exact) mass is 289 g/mol. The first-order chi connectivity index (χ1) is 9.37. The van der Waals surface area contributed by atoms with E-state index in [2.05, 4.69) is 9.47 Å². The Bertz CT molecular complexity index is 483. The van der Waals surface area contributed by atoms with Gasteiger partial charge in [0.1, 0.15) is 11.7 Å². The van der Waals surface area contributed by atoms with Crippen LogP contribution in [0.4, 0.5) is 4.39 Å². The number of nitrogens with zero attached hydrogens (tertiary/aromatic N) is 1. The maximum Gasteiger partial charge on any atom is 0.356 e. The third-order valence-electron chi connectivity index (χ3n) is 2.66. The third-order valence-corrected chi connectivity index (χ3v) is 2.66. The van der Waals surface area contributed by atoms with Gasteiger partial charge in [-0.15, -0.1) is 0 Å². The van der Waals surface area contributed by atoms with Crippen LogP contribution in [0.3, 0.4) is 0 Å². The zero-order chi connectivity index (χ0) is 15.3. The topological polar surface area (TPSA) is 109 Å². The van der Waals surface area contributed by atoms with E-state index in [9.17, 15) is 24.1 Å². The van der Waals surface area contributed by atoms with Gasteiger partial charge < -0.3 is 13.9 Å². The second kappa shape index (κ2) is 6.13. The molecule has 0 saturated heterocycles. The Morgan fingerprint density at radius 1 is 1.45 bits per heavy atom. The highest BCUT2D eigenvalue weighted by molar-refractivity contribution is 6.04. The summed E-state index contributed by atoms with van der Waals surface area (Å²) < 4.78 is 28.2. The molecule has 0 bridgehead atoms. The van der Waals surface area contributed by atoms with Gasteiger partial charge in [0.25, 0.3) is 0 Å². The molecule has 9 heteroatoms. The van der Waals surface area contributed by atoms with Gasteiger partial charge in [-0.2, -0.15) is 0 Å². The van der Waals surface area contributed by atoms with Crippen LogP contribution in [0.5, 0.6) is 0 Å². The number of rotatable bonds is 6. The quantitative estimate of drug-likeness (QED) is 0.328. The van der Waals surface area contributed by atoms with Crippen molar-refractivity contribution in [3.05, 3.63) is 34.3 Å². The van der Waals surface area contributed by atoms with Crippen molar-refractivity contribution in [1.82, 2.24) is 0 Å². The van der Waals surface area contributed by atoms with Gasteiger partial charge in [-0.25, -0.2) is 14.0 Å². The largest absolute Gasteiger partial charge is 0.469 e. The molecule has 0 amide bonds. The Kier molecular flexibility index (Phi) is 4.78. The van der Waals surface area contributed by atoms with Crippen molar-refractivity contribution < 1.29 is 32.8 Å². The average Bonchev–Trinajstić information content (AvgIpc) is 2.95. The van der Waals surface area contributed by atoms with Crippen molar-refractivity contribution in [2.24, 2.45) is 0 Å². The SMILES string of the molecule is COC(=O)C(F)(C(=O)OC)[C@H](C[N+](=O)[O-])c1ccco1. The molecular formula is C11H12FNO7. The van der Waals surface area contributed by atoms with Gasteiger partial charge in [0.15, 0.2) is 0 Å². The molecule has 0 fully saturated rings. The minimum Gasteiger partial charge on any atom is -0.469 e. The predicted molar refractivity (Wildman–Crippen MR) is 61.2 cm³/mol. The number of ether oxygens (including phenoxy) is 2. The van der Waals surface area contributed by atoms with Gasteiger partial charge in [-0.1, -0.05) is 0 Å². The molecule has 20 heavy (non-hydrogen) atoms. The van der Waals surface area contributed by atoms with Crippen molar-refractivity contribution in [2.75, 3.05) is 20.8 Å². The van der Waals surface area contributed by atoms with Crippen molar-refractivity contribution >= 4 is 11.9 Å². The fourth-order valence-electron chi connectivity index (χ4n) is 1.72. The fraction of sp³-hybridized carbons (Fsp3) is 0.455. The molecule has 0 aliphatic carbocycles. The maximum atomic E-state index is 14.9. The number of carbonyl (C=O) groups excluding carboxylic acids is 2. The van der Waals surface area contributed by atoms with E-state index in [1.165, 1.54) is 12.1 Å². The molecule has 0 spiro atoms. The number of halogens is 1. The molecule has 8 nitrogen and oxygen atoms in total. The lowest BCUT2D eigenvalue weighted by atomic mass is 9.87. The van der Waals surface area contributed by atoms with Gasteiger partial charge in [0, 0.05) is 4.92 Å². The summed E-state index contributed by atoms with van der Waals surface area (Å²) in [5.74, 6) is -5.22. The summed E-state index contributed by atoms with van der Waals surface area (Å²) in [6.07, 6.45) is 1.14. The molecule has 1 heterocycles. The average molecular weight is 289 g/mol. The first-order valence-corrected chi connectivity index (χ1v) is 5.38. The summed E-state index contributed by atoms with van der Waals surface area (Å²) in [6, 6.07) is 2.56. The van der Waals surface area contributed by atoms with Gasteiger partial charge in [-0.3, -0.25) is 10.1 Å². The molecule has 1 rings (SSSR count). The third kappa shape index (κ3) is 2.76. The van der Waals surface area contributed by atoms with Crippen molar-refractivity contribution in [1.29, 1.82) is 0 Å². The van der Waals surface area contributed by atoms with Crippen LogP contribution in [0.1, 0.15) is 11.7 Å². The Morgan fingerprint density at radius 2 is 2.00 bits per heavy atom. The van der Waals surface area contributed by atoms with Crippen LogP contribution in [0.2, 0.25) is 0 Å². The molecule has 1 aromatic rings. The number of furan rings is 1. The molecule has 0 N–H and O–H groups in total. The van der Waals surface area contributed by atoms with Crippen LogP contribution >= 0.6 is 0 Å². The van der Waals surface area contributed by atoms with Crippen molar-refractivity contribution in [3.63, 3.8) is 0 Å². The van der Waals surface area contributed by atoms with E-state index < -0.39 is 35.0 Å². The molecular weight excluding hydrogens is 277 g/mol. The van der Waals surface area contributed by atoms with Crippen LogP contribution in [-0.2, 0) is 19.1 Å². The van der Waals surface area contributed by atoms with E-state index in [-0.39, 0.29) is 5.76 Å². The molecule has 0 saturated carbocycles. The zero-order valence-corrected chi connectivity index (χ0v) is 10.7. The van der Waals surface area contributed by atoms with E-state index >= 15 is 0 Å². The van der Waals surface area contributed by atoms with Gasteiger partial charge in [-0.05, 0) is 12.1 Å². The van der Waals surface area contributed by atoms with E-state index in [1.54, 1.807) is 0 Å². The van der Waals surface area contributed by atoms with Gasteiger partial charge in [0.05, 0.1) is 20.5 Å². The van der Waals surface area contributed by atoms with Crippen LogP contribution in [-0.4, -0.2) is 43.3 Å². The first kappa shape index (κ1) is 15.6. The number of methoxy groups -OCH3 is 2. The number of carbonyl (C=O) groups is 2. The highest BCUT2D eigenvalue weighted by Gasteiger charge is 2.59. The number of hydrogen-bond donors (Lipinski definition) is 0. The number of alkyl halides is 1. The van der Waals surface area contributed by atoms with E-state index in [0.29, 0.717) is 0 Å². The molecule has 110 valence electrons. The second-order valence-corrected chi connectivity index (χ2v) is 3.78. The number of esters is 2. The van der Waals surface area contributed by atoms with Crippen LogP contribution in [0.25, 0.3) is 0 Å². The van der Waals surface area contributed by atoms with E-state index in [0.717, 1.165) is 20.5 Å².